The number of sulfone groups is 2. The normalized spacial score (nSPS) is 11.8. The van der Waals surface area contributed by atoms with Crippen molar-refractivity contribution in [3.8, 4) is 11.1 Å². The van der Waals surface area contributed by atoms with Gasteiger partial charge < -0.3 is 0 Å². The summed E-state index contributed by atoms with van der Waals surface area (Å²) >= 11 is 0. The highest BCUT2D eigenvalue weighted by Crippen LogP contribution is 2.34. The minimum atomic E-state index is -3.96. The molecule has 0 spiro atoms. The van der Waals surface area contributed by atoms with Crippen LogP contribution in [0.5, 0.6) is 0 Å². The highest BCUT2D eigenvalue weighted by atomic mass is 32.2. The Kier molecular flexibility index (Phi) is 4.35. The summed E-state index contributed by atoms with van der Waals surface area (Å²) in [5.74, 6) is 0. The summed E-state index contributed by atoms with van der Waals surface area (Å²) in [6.07, 6.45) is 0. The molecule has 0 atom stereocenters. The Morgan fingerprint density at radius 2 is 1.32 bits per heavy atom. The summed E-state index contributed by atoms with van der Waals surface area (Å²) in [5.41, 5.74) is 0.910. The second-order valence-electron chi connectivity index (χ2n) is 4.42. The van der Waals surface area contributed by atoms with Crippen LogP contribution in [0, 0.1) is 0 Å². The van der Waals surface area contributed by atoms with Crippen LogP contribution in [0.25, 0.3) is 11.1 Å². The van der Waals surface area contributed by atoms with Crippen molar-refractivity contribution in [3.05, 3.63) is 72.5 Å². The average Bonchev–Trinajstić information content (AvgIpc) is 2.55. The third-order valence-corrected chi connectivity index (χ3v) is 6.06. The second kappa shape index (κ2) is 5.90. The van der Waals surface area contributed by atoms with Crippen molar-refractivity contribution in [2.24, 2.45) is 0 Å². The van der Waals surface area contributed by atoms with Crippen molar-refractivity contribution in [3.63, 3.8) is 0 Å². The Balaban J connectivity index is 2.97. The topological polar surface area (TPSA) is 68.3 Å². The molecule has 0 heterocycles. The lowest BCUT2D eigenvalue weighted by Gasteiger charge is -2.13. The molecule has 2 aromatic carbocycles. The molecule has 0 aliphatic rings. The molecule has 2 aromatic rings. The highest BCUT2D eigenvalue weighted by molar-refractivity contribution is 7.97. The van der Waals surface area contributed by atoms with Gasteiger partial charge in [-0.05, 0) is 11.6 Å². The fraction of sp³-hybridized carbons (Fsp3) is 0. The SMILES string of the molecule is C=CS(=O)(=O)c1cccc(-c2ccccc2)c1S(=O)(=O)C=C. The van der Waals surface area contributed by atoms with Crippen molar-refractivity contribution < 1.29 is 16.8 Å². The fourth-order valence-electron chi connectivity index (χ4n) is 2.05. The van der Waals surface area contributed by atoms with Gasteiger partial charge in [0.15, 0.2) is 0 Å². The minimum absolute atomic E-state index is 0.281. The van der Waals surface area contributed by atoms with Gasteiger partial charge in [-0.15, -0.1) is 0 Å². The van der Waals surface area contributed by atoms with E-state index in [0.29, 0.717) is 11.1 Å². The van der Waals surface area contributed by atoms with Gasteiger partial charge in [0.25, 0.3) is 0 Å². The zero-order chi connectivity index (χ0) is 16.4. The van der Waals surface area contributed by atoms with Crippen LogP contribution in [-0.4, -0.2) is 16.8 Å². The standard InChI is InChI=1S/C16H14O4S2/c1-3-21(17,18)15-12-8-11-14(13-9-6-5-7-10-13)16(15)22(19,20)4-2/h3-12H,1-2H2. The zero-order valence-corrected chi connectivity index (χ0v) is 13.3. The van der Waals surface area contributed by atoms with E-state index in [0.717, 1.165) is 10.8 Å². The van der Waals surface area contributed by atoms with E-state index in [1.54, 1.807) is 36.4 Å². The van der Waals surface area contributed by atoms with Gasteiger partial charge in [-0.25, -0.2) is 16.8 Å². The maximum Gasteiger partial charge on any atom is 0.201 e. The Hall–Kier alpha value is -2.18. The van der Waals surface area contributed by atoms with Gasteiger partial charge in [-0.1, -0.05) is 55.6 Å². The summed E-state index contributed by atoms with van der Waals surface area (Å²) in [4.78, 5) is -0.583. The summed E-state index contributed by atoms with van der Waals surface area (Å²) in [5, 5.41) is 1.48. The Morgan fingerprint density at radius 1 is 0.727 bits per heavy atom. The van der Waals surface area contributed by atoms with E-state index >= 15 is 0 Å². The zero-order valence-electron chi connectivity index (χ0n) is 11.6. The third-order valence-electron chi connectivity index (χ3n) is 3.09. The molecule has 6 heteroatoms. The molecule has 22 heavy (non-hydrogen) atoms. The number of hydrogen-bond acceptors (Lipinski definition) is 4. The first-order valence-electron chi connectivity index (χ1n) is 6.27. The summed E-state index contributed by atoms with van der Waals surface area (Å²) in [6, 6.07) is 13.0. The van der Waals surface area contributed by atoms with Gasteiger partial charge in [0, 0.05) is 16.4 Å². The van der Waals surface area contributed by atoms with Gasteiger partial charge in [-0.2, -0.15) is 0 Å². The molecule has 114 valence electrons. The van der Waals surface area contributed by atoms with Gasteiger partial charge in [0.2, 0.25) is 19.7 Å². The van der Waals surface area contributed by atoms with Gasteiger partial charge >= 0.3 is 0 Å². The first-order valence-corrected chi connectivity index (χ1v) is 9.36. The van der Waals surface area contributed by atoms with Gasteiger partial charge in [0.1, 0.15) is 0 Å². The maximum atomic E-state index is 12.4. The van der Waals surface area contributed by atoms with E-state index in [9.17, 15) is 16.8 Å². The van der Waals surface area contributed by atoms with Crippen LogP contribution in [0.1, 0.15) is 0 Å². The van der Waals surface area contributed by atoms with Gasteiger partial charge in [-0.3, -0.25) is 0 Å². The van der Waals surface area contributed by atoms with Gasteiger partial charge in [0.05, 0.1) is 9.79 Å². The van der Waals surface area contributed by atoms with Crippen LogP contribution in [0.3, 0.4) is 0 Å². The van der Waals surface area contributed by atoms with Crippen LogP contribution in [-0.2, 0) is 19.7 Å². The molecule has 0 aliphatic carbocycles. The molecule has 0 unspecified atom stereocenters. The minimum Gasteiger partial charge on any atom is -0.219 e. The maximum absolute atomic E-state index is 12.4. The largest absolute Gasteiger partial charge is 0.219 e. The Bertz CT molecular complexity index is 925. The first-order chi connectivity index (χ1) is 10.3. The molecule has 0 aromatic heterocycles. The van der Waals surface area contributed by atoms with E-state index in [2.05, 4.69) is 13.2 Å². The molecule has 0 fully saturated rings. The first kappa shape index (κ1) is 16.2. The number of hydrogen-bond donors (Lipinski definition) is 0. The summed E-state index contributed by atoms with van der Waals surface area (Å²) < 4.78 is 49.0. The second-order valence-corrected chi connectivity index (χ2v) is 8.12. The molecule has 0 N–H and O–H groups in total. The van der Waals surface area contributed by atoms with Crippen LogP contribution in [0.15, 0.2) is 82.3 Å². The fourth-order valence-corrected chi connectivity index (χ4v) is 4.57. The van der Waals surface area contributed by atoms with E-state index in [1.165, 1.54) is 12.1 Å². The predicted molar refractivity (Wildman–Crippen MR) is 86.6 cm³/mol. The highest BCUT2D eigenvalue weighted by Gasteiger charge is 2.26. The number of rotatable bonds is 5. The summed E-state index contributed by atoms with van der Waals surface area (Å²) in [7, 11) is -7.88. The molecule has 0 aliphatic heterocycles. The van der Waals surface area contributed by atoms with Crippen molar-refractivity contribution in [2.45, 2.75) is 9.79 Å². The van der Waals surface area contributed by atoms with Crippen molar-refractivity contribution in [1.29, 1.82) is 0 Å². The average molecular weight is 334 g/mol. The molecule has 2 rings (SSSR count). The smallest absolute Gasteiger partial charge is 0.201 e. The molecule has 0 bridgehead atoms. The molecular weight excluding hydrogens is 320 g/mol. The van der Waals surface area contributed by atoms with Crippen molar-refractivity contribution in [2.75, 3.05) is 0 Å². The van der Waals surface area contributed by atoms with Crippen LogP contribution in [0.2, 0.25) is 0 Å². The molecule has 0 saturated carbocycles. The Labute approximate surface area is 130 Å². The molecule has 0 saturated heterocycles. The number of benzene rings is 2. The van der Waals surface area contributed by atoms with Crippen molar-refractivity contribution >= 4 is 19.7 Å². The van der Waals surface area contributed by atoms with E-state index in [1.807, 2.05) is 0 Å². The lowest BCUT2D eigenvalue weighted by molar-refractivity contribution is 0.592. The molecular formula is C16H14O4S2. The van der Waals surface area contributed by atoms with E-state index < -0.39 is 19.7 Å². The van der Waals surface area contributed by atoms with Crippen molar-refractivity contribution in [1.82, 2.24) is 0 Å². The monoisotopic (exact) mass is 334 g/mol. The van der Waals surface area contributed by atoms with E-state index in [4.69, 9.17) is 0 Å². The van der Waals surface area contributed by atoms with E-state index in [-0.39, 0.29) is 9.79 Å². The lowest BCUT2D eigenvalue weighted by Crippen LogP contribution is -2.08. The Morgan fingerprint density at radius 3 is 1.86 bits per heavy atom. The molecule has 0 radical (unpaired) electrons. The van der Waals surface area contributed by atoms with Crippen LogP contribution < -0.4 is 0 Å². The predicted octanol–water partition coefficient (Wildman–Crippen LogP) is 3.19. The van der Waals surface area contributed by atoms with Crippen LogP contribution >= 0.6 is 0 Å². The summed E-state index contributed by atoms with van der Waals surface area (Å²) in [6.45, 7) is 6.54. The quantitative estimate of drug-likeness (QED) is 0.842. The van der Waals surface area contributed by atoms with Crippen LogP contribution in [0.4, 0.5) is 0 Å². The molecule has 0 amide bonds. The lowest BCUT2D eigenvalue weighted by atomic mass is 10.1. The molecule has 4 nitrogen and oxygen atoms in total. The third kappa shape index (κ3) is 2.88.